The van der Waals surface area contributed by atoms with Gasteiger partial charge in [-0.2, -0.15) is 8.42 Å². The molecule has 0 bridgehead atoms. The first kappa shape index (κ1) is 19.2. The lowest BCUT2D eigenvalue weighted by molar-refractivity contribution is 0.414. The third-order valence-corrected chi connectivity index (χ3v) is 5.90. The van der Waals surface area contributed by atoms with Gasteiger partial charge in [-0.15, -0.1) is 0 Å². The molecule has 7 heteroatoms. The number of ether oxygens (including phenoxy) is 1. The number of benzene rings is 3. The molecule has 0 spiro atoms. The van der Waals surface area contributed by atoms with Crippen molar-refractivity contribution in [2.45, 2.75) is 4.90 Å². The first-order valence-corrected chi connectivity index (χ1v) is 10.5. The highest BCUT2D eigenvalue weighted by atomic mass is 35.5. The molecule has 0 radical (unpaired) electrons. The number of pyridine rings is 1. The van der Waals surface area contributed by atoms with Crippen LogP contribution in [0.25, 0.3) is 22.0 Å². The molecular weight excluding hydrogens is 410 g/mol. The molecule has 1 heterocycles. The summed E-state index contributed by atoms with van der Waals surface area (Å²) in [6.45, 7) is 0. The molecule has 0 aliphatic heterocycles. The number of nitrogens with zero attached hydrogens (tertiary/aromatic N) is 1. The third-order valence-electron chi connectivity index (χ3n) is 4.41. The molecule has 0 saturated carbocycles. The van der Waals surface area contributed by atoms with E-state index in [0.29, 0.717) is 27.4 Å². The summed E-state index contributed by atoms with van der Waals surface area (Å²) in [5, 5.41) is 1.98. The lowest BCUT2D eigenvalue weighted by atomic mass is 10.1. The fourth-order valence-corrected chi connectivity index (χ4v) is 4.01. The van der Waals surface area contributed by atoms with Gasteiger partial charge in [0.2, 0.25) is 0 Å². The van der Waals surface area contributed by atoms with Gasteiger partial charge in [-0.1, -0.05) is 48.0 Å². The Morgan fingerprint density at radius 1 is 0.897 bits per heavy atom. The van der Waals surface area contributed by atoms with Gasteiger partial charge < -0.3 is 8.92 Å². The van der Waals surface area contributed by atoms with Gasteiger partial charge in [0.1, 0.15) is 16.3 Å². The molecule has 4 aromatic rings. The predicted octanol–water partition coefficient (Wildman–Crippen LogP) is 5.33. The summed E-state index contributed by atoms with van der Waals surface area (Å²) in [6, 6.07) is 20.3. The zero-order valence-corrected chi connectivity index (χ0v) is 16.9. The summed E-state index contributed by atoms with van der Waals surface area (Å²) < 4.78 is 36.7. The van der Waals surface area contributed by atoms with Gasteiger partial charge >= 0.3 is 10.1 Å². The molecule has 0 unspecified atom stereocenters. The molecule has 0 aliphatic carbocycles. The van der Waals surface area contributed by atoms with Crippen LogP contribution >= 0.6 is 11.6 Å². The molecule has 0 amide bonds. The third kappa shape index (κ3) is 3.90. The van der Waals surface area contributed by atoms with E-state index in [-0.39, 0.29) is 10.6 Å². The molecular formula is C22H16ClNO4S. The van der Waals surface area contributed by atoms with Crippen LogP contribution in [-0.4, -0.2) is 20.5 Å². The maximum Gasteiger partial charge on any atom is 0.339 e. The van der Waals surface area contributed by atoms with Crippen LogP contribution in [0.5, 0.6) is 11.5 Å². The second-order valence-corrected chi connectivity index (χ2v) is 8.23. The summed E-state index contributed by atoms with van der Waals surface area (Å²) in [4.78, 5) is 4.48. The van der Waals surface area contributed by atoms with E-state index >= 15 is 0 Å². The molecule has 146 valence electrons. The Morgan fingerprint density at radius 3 is 2.28 bits per heavy atom. The van der Waals surface area contributed by atoms with E-state index in [9.17, 15) is 8.42 Å². The van der Waals surface area contributed by atoms with Crippen LogP contribution in [0.15, 0.2) is 83.9 Å². The number of halogens is 1. The standard InChI is InChI=1S/C22H16ClNO4S/c1-27-18-10-12-19(13-11-18)29(25,26)28-22-20-5-3-2-4-16(20)14-24-21(22)15-6-8-17(23)9-7-15/h2-14H,1H3. The molecule has 0 N–H and O–H groups in total. The molecule has 5 nitrogen and oxygen atoms in total. The van der Waals surface area contributed by atoms with E-state index in [1.807, 2.05) is 18.2 Å². The lowest BCUT2D eigenvalue weighted by Gasteiger charge is -2.14. The maximum absolute atomic E-state index is 13.0. The summed E-state index contributed by atoms with van der Waals surface area (Å²) in [7, 11) is -2.58. The average Bonchev–Trinajstić information content (AvgIpc) is 2.74. The number of rotatable bonds is 5. The average molecular weight is 426 g/mol. The zero-order chi connectivity index (χ0) is 20.4. The van der Waals surface area contributed by atoms with Crippen molar-refractivity contribution in [1.82, 2.24) is 4.98 Å². The van der Waals surface area contributed by atoms with Gasteiger partial charge in [-0.05, 0) is 36.4 Å². The fourth-order valence-electron chi connectivity index (χ4n) is 2.93. The Labute approximate surface area is 173 Å². The highest BCUT2D eigenvalue weighted by Gasteiger charge is 2.22. The summed E-state index contributed by atoms with van der Waals surface area (Å²) in [5.41, 5.74) is 1.11. The Hall–Kier alpha value is -3.09. The topological polar surface area (TPSA) is 65.5 Å². The van der Waals surface area contributed by atoms with Gasteiger partial charge in [0.05, 0.1) is 7.11 Å². The SMILES string of the molecule is COc1ccc(S(=O)(=O)Oc2c(-c3ccc(Cl)cc3)ncc3ccccc23)cc1. The molecule has 0 atom stereocenters. The second-order valence-electron chi connectivity index (χ2n) is 6.24. The van der Waals surface area contributed by atoms with Gasteiger partial charge in [-0.25, -0.2) is 0 Å². The van der Waals surface area contributed by atoms with Crippen molar-refractivity contribution in [3.05, 3.63) is 84.0 Å². The van der Waals surface area contributed by atoms with Crippen LogP contribution in [-0.2, 0) is 10.1 Å². The molecule has 4 rings (SSSR count). The van der Waals surface area contributed by atoms with E-state index in [0.717, 1.165) is 5.39 Å². The van der Waals surface area contributed by atoms with Gasteiger partial charge in [0.25, 0.3) is 0 Å². The van der Waals surface area contributed by atoms with Crippen molar-refractivity contribution in [1.29, 1.82) is 0 Å². The zero-order valence-electron chi connectivity index (χ0n) is 15.4. The minimum Gasteiger partial charge on any atom is -0.497 e. The number of methoxy groups -OCH3 is 1. The van der Waals surface area contributed by atoms with Crippen molar-refractivity contribution >= 4 is 32.5 Å². The number of aromatic nitrogens is 1. The van der Waals surface area contributed by atoms with Crippen LogP contribution in [0.1, 0.15) is 0 Å². The van der Waals surface area contributed by atoms with Gasteiger partial charge in [0.15, 0.2) is 5.75 Å². The second kappa shape index (κ2) is 7.73. The van der Waals surface area contributed by atoms with Crippen LogP contribution in [0.4, 0.5) is 0 Å². The Balaban J connectivity index is 1.86. The fraction of sp³-hybridized carbons (Fsp3) is 0.0455. The van der Waals surface area contributed by atoms with Crippen molar-refractivity contribution in [3.8, 4) is 22.8 Å². The molecule has 0 saturated heterocycles. The van der Waals surface area contributed by atoms with Crippen LogP contribution < -0.4 is 8.92 Å². The molecule has 3 aromatic carbocycles. The number of hydrogen-bond acceptors (Lipinski definition) is 5. The quantitative estimate of drug-likeness (QED) is 0.404. The van der Waals surface area contributed by atoms with Crippen LogP contribution in [0, 0.1) is 0 Å². The smallest absolute Gasteiger partial charge is 0.339 e. The van der Waals surface area contributed by atoms with Crippen molar-refractivity contribution in [2.75, 3.05) is 7.11 Å². The van der Waals surface area contributed by atoms with Crippen molar-refractivity contribution < 1.29 is 17.3 Å². The number of fused-ring (bicyclic) bond motifs is 1. The first-order chi connectivity index (χ1) is 14.0. The maximum atomic E-state index is 13.0. The normalized spacial score (nSPS) is 11.4. The minimum atomic E-state index is -4.09. The van der Waals surface area contributed by atoms with E-state index in [1.54, 1.807) is 48.7 Å². The Morgan fingerprint density at radius 2 is 1.59 bits per heavy atom. The molecule has 0 fully saturated rings. The van der Waals surface area contributed by atoms with Gasteiger partial charge in [-0.3, -0.25) is 4.98 Å². The van der Waals surface area contributed by atoms with Crippen LogP contribution in [0.2, 0.25) is 5.02 Å². The molecule has 29 heavy (non-hydrogen) atoms. The minimum absolute atomic E-state index is 0.0216. The number of hydrogen-bond donors (Lipinski definition) is 0. The van der Waals surface area contributed by atoms with Crippen molar-refractivity contribution in [3.63, 3.8) is 0 Å². The Kier molecular flexibility index (Phi) is 5.13. The van der Waals surface area contributed by atoms with E-state index in [2.05, 4.69) is 4.98 Å². The largest absolute Gasteiger partial charge is 0.497 e. The van der Waals surface area contributed by atoms with E-state index in [4.69, 9.17) is 20.5 Å². The summed E-state index contributed by atoms with van der Waals surface area (Å²) in [6.07, 6.45) is 1.69. The summed E-state index contributed by atoms with van der Waals surface area (Å²) >= 11 is 5.99. The predicted molar refractivity (Wildman–Crippen MR) is 113 cm³/mol. The summed E-state index contributed by atoms with van der Waals surface area (Å²) in [5.74, 6) is 0.721. The van der Waals surface area contributed by atoms with E-state index < -0.39 is 10.1 Å². The van der Waals surface area contributed by atoms with Gasteiger partial charge in [0, 0.05) is 27.6 Å². The monoisotopic (exact) mass is 425 g/mol. The molecule has 1 aromatic heterocycles. The lowest BCUT2D eigenvalue weighted by Crippen LogP contribution is -2.11. The Bertz CT molecular complexity index is 1270. The van der Waals surface area contributed by atoms with E-state index in [1.165, 1.54) is 19.2 Å². The molecule has 0 aliphatic rings. The van der Waals surface area contributed by atoms with Crippen LogP contribution in [0.3, 0.4) is 0 Å². The van der Waals surface area contributed by atoms with Crippen molar-refractivity contribution in [2.24, 2.45) is 0 Å². The first-order valence-electron chi connectivity index (χ1n) is 8.70. The highest BCUT2D eigenvalue weighted by molar-refractivity contribution is 7.87. The highest BCUT2D eigenvalue weighted by Crippen LogP contribution is 2.37.